The first-order chi connectivity index (χ1) is 11.7. The van der Waals surface area contributed by atoms with Crippen LogP contribution in [0.1, 0.15) is 44.2 Å². The van der Waals surface area contributed by atoms with Crippen LogP contribution in [0.3, 0.4) is 0 Å². The lowest BCUT2D eigenvalue weighted by molar-refractivity contribution is -0.298. The molecule has 1 aliphatic heterocycles. The number of aromatic nitrogens is 2. The Bertz CT molecular complexity index is 609. The van der Waals surface area contributed by atoms with Gasteiger partial charge in [-0.25, -0.2) is 4.98 Å². The van der Waals surface area contributed by atoms with Gasteiger partial charge in [0.1, 0.15) is 0 Å². The summed E-state index contributed by atoms with van der Waals surface area (Å²) in [5.74, 6) is -0.555. The van der Waals surface area contributed by atoms with E-state index in [4.69, 9.17) is 9.47 Å². The van der Waals surface area contributed by atoms with E-state index in [9.17, 15) is 0 Å². The first-order valence-corrected chi connectivity index (χ1v) is 9.04. The minimum atomic E-state index is -0.555. The molecule has 4 nitrogen and oxygen atoms in total. The maximum Gasteiger partial charge on any atom is 0.186 e. The van der Waals surface area contributed by atoms with Gasteiger partial charge in [0.2, 0.25) is 0 Å². The summed E-state index contributed by atoms with van der Waals surface area (Å²) in [6.07, 6.45) is 10.9. The zero-order chi connectivity index (χ0) is 16.8. The van der Waals surface area contributed by atoms with Crippen molar-refractivity contribution < 1.29 is 9.47 Å². The Balaban J connectivity index is 1.67. The smallest absolute Gasteiger partial charge is 0.186 e. The minimum Gasteiger partial charge on any atom is -0.348 e. The summed E-state index contributed by atoms with van der Waals surface area (Å²) in [5, 5.41) is 0. The van der Waals surface area contributed by atoms with E-state index in [0.29, 0.717) is 6.54 Å². The second-order valence-electron chi connectivity index (χ2n) is 6.78. The molecule has 1 aliphatic rings. The highest BCUT2D eigenvalue weighted by Gasteiger charge is 2.37. The Morgan fingerprint density at radius 1 is 1.21 bits per heavy atom. The molecule has 24 heavy (non-hydrogen) atoms. The van der Waals surface area contributed by atoms with Crippen molar-refractivity contribution in [3.05, 3.63) is 54.1 Å². The van der Waals surface area contributed by atoms with E-state index in [1.807, 2.05) is 17.1 Å². The van der Waals surface area contributed by atoms with Crippen LogP contribution in [0.15, 0.2) is 43.0 Å². The second-order valence-corrected chi connectivity index (χ2v) is 6.78. The Morgan fingerprint density at radius 3 is 2.58 bits per heavy atom. The summed E-state index contributed by atoms with van der Waals surface area (Å²) in [7, 11) is 0. The molecule has 1 aromatic carbocycles. The van der Waals surface area contributed by atoms with Gasteiger partial charge < -0.3 is 14.0 Å². The van der Waals surface area contributed by atoms with E-state index in [-0.39, 0.29) is 6.10 Å². The van der Waals surface area contributed by atoms with Gasteiger partial charge in [-0.1, -0.05) is 37.6 Å². The number of imidazole rings is 1. The minimum absolute atomic E-state index is 0.231. The molecule has 1 aromatic heterocycles. The molecule has 0 bridgehead atoms. The molecular formula is C20H28N2O2. The van der Waals surface area contributed by atoms with Crippen molar-refractivity contribution in [3.63, 3.8) is 0 Å². The Labute approximate surface area is 144 Å². The molecule has 3 rings (SSSR count). The van der Waals surface area contributed by atoms with E-state index in [1.165, 1.54) is 17.5 Å². The summed E-state index contributed by atoms with van der Waals surface area (Å²) in [5.41, 5.74) is 2.75. The van der Waals surface area contributed by atoms with Crippen LogP contribution in [0.4, 0.5) is 0 Å². The Kier molecular flexibility index (Phi) is 5.69. The molecule has 2 aromatic rings. The Hall–Kier alpha value is -1.65. The molecule has 2 heterocycles. The number of rotatable bonds is 7. The van der Waals surface area contributed by atoms with Crippen molar-refractivity contribution in [1.29, 1.82) is 0 Å². The van der Waals surface area contributed by atoms with Crippen molar-refractivity contribution in [2.75, 3.05) is 6.61 Å². The van der Waals surface area contributed by atoms with Gasteiger partial charge in [0.05, 0.1) is 25.6 Å². The first kappa shape index (κ1) is 17.2. The number of nitrogens with zero attached hydrogens (tertiary/aromatic N) is 2. The molecule has 4 heteroatoms. The SMILES string of the molecule is CCCc1ccc(CCC2(Cn3ccnc3)OCCC(C)O2)cc1. The van der Waals surface area contributed by atoms with Crippen LogP contribution < -0.4 is 0 Å². The van der Waals surface area contributed by atoms with Crippen molar-refractivity contribution in [2.45, 2.75) is 64.4 Å². The third-order valence-corrected chi connectivity index (χ3v) is 4.64. The summed E-state index contributed by atoms with van der Waals surface area (Å²) in [6.45, 7) is 5.79. The van der Waals surface area contributed by atoms with E-state index in [1.54, 1.807) is 6.20 Å². The lowest BCUT2D eigenvalue weighted by Gasteiger charge is -2.40. The predicted octanol–water partition coefficient (Wildman–Crippen LogP) is 3.99. The summed E-state index contributed by atoms with van der Waals surface area (Å²) in [6, 6.07) is 8.96. The molecule has 0 spiro atoms. The molecule has 2 unspecified atom stereocenters. The summed E-state index contributed by atoms with van der Waals surface area (Å²) >= 11 is 0. The topological polar surface area (TPSA) is 36.3 Å². The molecule has 1 saturated heterocycles. The highest BCUT2D eigenvalue weighted by molar-refractivity contribution is 5.22. The van der Waals surface area contributed by atoms with Crippen molar-refractivity contribution >= 4 is 0 Å². The average Bonchev–Trinajstić information content (AvgIpc) is 3.07. The monoisotopic (exact) mass is 328 g/mol. The van der Waals surface area contributed by atoms with E-state index in [0.717, 1.165) is 32.3 Å². The number of hydrogen-bond acceptors (Lipinski definition) is 3. The van der Waals surface area contributed by atoms with E-state index < -0.39 is 5.79 Å². The van der Waals surface area contributed by atoms with Crippen molar-refractivity contribution in [1.82, 2.24) is 9.55 Å². The fourth-order valence-corrected chi connectivity index (χ4v) is 3.32. The normalized spacial score (nSPS) is 24.2. The third-order valence-electron chi connectivity index (χ3n) is 4.64. The van der Waals surface area contributed by atoms with Crippen LogP contribution in [0.25, 0.3) is 0 Å². The average molecular weight is 328 g/mol. The first-order valence-electron chi connectivity index (χ1n) is 9.04. The van der Waals surface area contributed by atoms with Gasteiger partial charge in [0, 0.05) is 18.8 Å². The third kappa shape index (κ3) is 4.46. The Morgan fingerprint density at radius 2 is 1.96 bits per heavy atom. The fraction of sp³-hybridized carbons (Fsp3) is 0.550. The van der Waals surface area contributed by atoms with Crippen LogP contribution >= 0.6 is 0 Å². The molecule has 0 amide bonds. The molecule has 0 radical (unpaired) electrons. The van der Waals surface area contributed by atoms with Gasteiger partial charge in [0.25, 0.3) is 0 Å². The number of ether oxygens (including phenoxy) is 2. The van der Waals surface area contributed by atoms with Crippen LogP contribution in [0.2, 0.25) is 0 Å². The van der Waals surface area contributed by atoms with Crippen molar-refractivity contribution in [2.24, 2.45) is 0 Å². The molecule has 130 valence electrons. The summed E-state index contributed by atoms with van der Waals surface area (Å²) < 4.78 is 14.4. The molecular weight excluding hydrogens is 300 g/mol. The highest BCUT2D eigenvalue weighted by Crippen LogP contribution is 2.30. The molecule has 0 aliphatic carbocycles. The van der Waals surface area contributed by atoms with Crippen LogP contribution in [-0.2, 0) is 28.9 Å². The number of benzene rings is 1. The van der Waals surface area contributed by atoms with Gasteiger partial charge >= 0.3 is 0 Å². The summed E-state index contributed by atoms with van der Waals surface area (Å²) in [4.78, 5) is 4.14. The maximum atomic E-state index is 6.26. The molecule has 0 N–H and O–H groups in total. The zero-order valence-corrected chi connectivity index (χ0v) is 14.8. The highest BCUT2D eigenvalue weighted by atomic mass is 16.7. The van der Waals surface area contributed by atoms with Gasteiger partial charge in [-0.2, -0.15) is 0 Å². The van der Waals surface area contributed by atoms with Crippen molar-refractivity contribution in [3.8, 4) is 0 Å². The number of hydrogen-bond donors (Lipinski definition) is 0. The molecule has 1 fully saturated rings. The number of aryl methyl sites for hydroxylation is 2. The standard InChI is InChI=1S/C20H28N2O2/c1-3-4-18-5-7-19(8-6-18)9-11-20(15-22-13-12-21-16-22)23-14-10-17(2)24-20/h5-8,12-13,16-17H,3-4,9-11,14-15H2,1-2H3. The largest absolute Gasteiger partial charge is 0.348 e. The van der Waals surface area contributed by atoms with Gasteiger partial charge in [-0.3, -0.25) is 0 Å². The molecule has 2 atom stereocenters. The van der Waals surface area contributed by atoms with E-state index in [2.05, 4.69) is 43.1 Å². The zero-order valence-electron chi connectivity index (χ0n) is 14.8. The van der Waals surface area contributed by atoms with Gasteiger partial charge in [0.15, 0.2) is 5.79 Å². The quantitative estimate of drug-likeness (QED) is 0.771. The predicted molar refractivity (Wildman–Crippen MR) is 94.8 cm³/mol. The fourth-order valence-electron chi connectivity index (χ4n) is 3.32. The maximum absolute atomic E-state index is 6.26. The van der Waals surface area contributed by atoms with Crippen LogP contribution in [-0.4, -0.2) is 28.0 Å². The molecule has 0 saturated carbocycles. The second kappa shape index (κ2) is 7.95. The van der Waals surface area contributed by atoms with Crippen LogP contribution in [0.5, 0.6) is 0 Å². The van der Waals surface area contributed by atoms with Gasteiger partial charge in [-0.05, 0) is 37.3 Å². The van der Waals surface area contributed by atoms with Gasteiger partial charge in [-0.15, -0.1) is 0 Å². The van der Waals surface area contributed by atoms with E-state index >= 15 is 0 Å². The van der Waals surface area contributed by atoms with Crippen LogP contribution in [0, 0.1) is 0 Å². The lowest BCUT2D eigenvalue weighted by atomic mass is 10.0. The lowest BCUT2D eigenvalue weighted by Crippen LogP contribution is -2.47.